The van der Waals surface area contributed by atoms with Crippen LogP contribution in [0, 0.1) is 6.92 Å². The van der Waals surface area contributed by atoms with E-state index in [9.17, 15) is 0 Å². The molecule has 2 nitrogen and oxygen atoms in total. The van der Waals surface area contributed by atoms with E-state index >= 15 is 0 Å². The van der Waals surface area contributed by atoms with Gasteiger partial charge in [-0.15, -0.1) is 0 Å². The van der Waals surface area contributed by atoms with Crippen LogP contribution in [0.1, 0.15) is 11.1 Å². The van der Waals surface area contributed by atoms with Gasteiger partial charge in [0, 0.05) is 28.4 Å². The highest BCUT2D eigenvalue weighted by molar-refractivity contribution is 9.10. The first-order valence-corrected chi connectivity index (χ1v) is 7.08. The molecule has 0 saturated carbocycles. The van der Waals surface area contributed by atoms with E-state index in [1.165, 1.54) is 22.0 Å². The molecule has 0 spiro atoms. The fraction of sp³-hybridized carbons (Fsp3) is 0.125. The normalized spacial score (nSPS) is 10.8. The van der Waals surface area contributed by atoms with Gasteiger partial charge in [-0.1, -0.05) is 18.2 Å². The van der Waals surface area contributed by atoms with Crippen LogP contribution >= 0.6 is 15.9 Å². The first-order valence-electron chi connectivity index (χ1n) is 6.28. The minimum atomic E-state index is 0.816. The van der Waals surface area contributed by atoms with E-state index in [-0.39, 0.29) is 0 Å². The molecule has 0 amide bonds. The second kappa shape index (κ2) is 5.10. The number of anilines is 1. The molecular formula is C16H15BrN2. The Hall–Kier alpha value is -1.74. The van der Waals surface area contributed by atoms with E-state index in [0.29, 0.717) is 0 Å². The zero-order chi connectivity index (χ0) is 13.2. The van der Waals surface area contributed by atoms with Gasteiger partial charge in [0.1, 0.15) is 0 Å². The number of hydrogen-bond donors (Lipinski definition) is 2. The summed E-state index contributed by atoms with van der Waals surface area (Å²) in [5.41, 5.74) is 4.84. The molecular weight excluding hydrogens is 300 g/mol. The number of aromatic amines is 1. The van der Waals surface area contributed by atoms with Gasteiger partial charge in [-0.3, -0.25) is 0 Å². The molecule has 0 bridgehead atoms. The lowest BCUT2D eigenvalue weighted by atomic mass is 10.1. The number of benzene rings is 2. The number of hydrogen-bond acceptors (Lipinski definition) is 1. The summed E-state index contributed by atoms with van der Waals surface area (Å²) >= 11 is 3.57. The number of H-pyrrole nitrogens is 1. The number of aromatic nitrogens is 1. The maximum absolute atomic E-state index is 3.57. The maximum atomic E-state index is 3.57. The smallest absolute Gasteiger partial charge is 0.0489 e. The summed E-state index contributed by atoms with van der Waals surface area (Å²) in [6.45, 7) is 2.92. The largest absolute Gasteiger partial charge is 0.380 e. The van der Waals surface area contributed by atoms with Gasteiger partial charge >= 0.3 is 0 Å². The lowest BCUT2D eigenvalue weighted by molar-refractivity contribution is 1.15. The Morgan fingerprint density at radius 1 is 1.11 bits per heavy atom. The fourth-order valence-electron chi connectivity index (χ4n) is 2.18. The highest BCUT2D eigenvalue weighted by atomic mass is 79.9. The number of rotatable bonds is 3. The molecule has 0 radical (unpaired) electrons. The van der Waals surface area contributed by atoms with Crippen molar-refractivity contribution in [3.63, 3.8) is 0 Å². The third-order valence-corrected chi connectivity index (χ3v) is 3.92. The third kappa shape index (κ3) is 2.66. The van der Waals surface area contributed by atoms with Crippen LogP contribution in [0.5, 0.6) is 0 Å². The minimum Gasteiger partial charge on any atom is -0.380 e. The molecule has 0 fully saturated rings. The van der Waals surface area contributed by atoms with E-state index in [2.05, 4.69) is 75.6 Å². The highest BCUT2D eigenvalue weighted by Crippen LogP contribution is 2.24. The first kappa shape index (κ1) is 12.3. The molecule has 3 heteroatoms. The van der Waals surface area contributed by atoms with Crippen molar-refractivity contribution >= 4 is 32.5 Å². The number of halogens is 1. The minimum absolute atomic E-state index is 0.816. The van der Waals surface area contributed by atoms with Gasteiger partial charge in [0.05, 0.1) is 0 Å². The highest BCUT2D eigenvalue weighted by Gasteiger charge is 2.01. The molecule has 0 aliphatic carbocycles. The van der Waals surface area contributed by atoms with Crippen LogP contribution in [0.2, 0.25) is 0 Å². The molecule has 0 aliphatic heterocycles. The summed E-state index contributed by atoms with van der Waals surface area (Å²) in [6, 6.07) is 14.9. The van der Waals surface area contributed by atoms with E-state index in [1.807, 2.05) is 6.20 Å². The molecule has 3 rings (SSSR count). The average Bonchev–Trinajstić information content (AvgIpc) is 2.87. The van der Waals surface area contributed by atoms with Crippen LogP contribution in [-0.4, -0.2) is 4.98 Å². The van der Waals surface area contributed by atoms with Crippen molar-refractivity contribution in [1.82, 2.24) is 4.98 Å². The van der Waals surface area contributed by atoms with Crippen molar-refractivity contribution in [2.24, 2.45) is 0 Å². The Bertz CT molecular complexity index is 716. The molecule has 19 heavy (non-hydrogen) atoms. The van der Waals surface area contributed by atoms with Crippen LogP contribution in [0.25, 0.3) is 10.9 Å². The quantitative estimate of drug-likeness (QED) is 0.710. The van der Waals surface area contributed by atoms with E-state index < -0.39 is 0 Å². The molecule has 2 aromatic carbocycles. The van der Waals surface area contributed by atoms with Gasteiger partial charge < -0.3 is 10.3 Å². The van der Waals surface area contributed by atoms with E-state index in [4.69, 9.17) is 0 Å². The molecule has 1 aromatic heterocycles. The lowest BCUT2D eigenvalue weighted by Gasteiger charge is -2.09. The Kier molecular flexibility index (Phi) is 3.30. The summed E-state index contributed by atoms with van der Waals surface area (Å²) in [5.74, 6) is 0. The second-order valence-electron chi connectivity index (χ2n) is 4.74. The topological polar surface area (TPSA) is 27.8 Å². The summed E-state index contributed by atoms with van der Waals surface area (Å²) in [5, 5.41) is 4.72. The monoisotopic (exact) mass is 314 g/mol. The molecule has 2 N–H and O–H groups in total. The van der Waals surface area contributed by atoms with Gasteiger partial charge in [-0.25, -0.2) is 0 Å². The van der Waals surface area contributed by atoms with Gasteiger partial charge in [-0.2, -0.15) is 0 Å². The molecule has 0 unspecified atom stereocenters. The Balaban J connectivity index is 1.79. The Labute approximate surface area is 121 Å². The lowest BCUT2D eigenvalue weighted by Crippen LogP contribution is -2.00. The predicted molar refractivity (Wildman–Crippen MR) is 84.5 cm³/mol. The molecule has 0 saturated heterocycles. The van der Waals surface area contributed by atoms with Gasteiger partial charge in [0.2, 0.25) is 0 Å². The van der Waals surface area contributed by atoms with Crippen molar-refractivity contribution in [2.75, 3.05) is 5.32 Å². The number of aryl methyl sites for hydroxylation is 1. The average molecular weight is 315 g/mol. The van der Waals surface area contributed by atoms with Gasteiger partial charge in [0.15, 0.2) is 0 Å². The number of fused-ring (bicyclic) bond motifs is 1. The Morgan fingerprint density at radius 2 is 2.00 bits per heavy atom. The Morgan fingerprint density at radius 3 is 2.89 bits per heavy atom. The van der Waals surface area contributed by atoms with Crippen LogP contribution in [0.15, 0.2) is 53.1 Å². The van der Waals surface area contributed by atoms with Gasteiger partial charge in [0.25, 0.3) is 0 Å². The third-order valence-electron chi connectivity index (χ3n) is 3.22. The zero-order valence-electron chi connectivity index (χ0n) is 10.7. The van der Waals surface area contributed by atoms with Crippen molar-refractivity contribution in [3.05, 3.63) is 64.3 Å². The second-order valence-corrected chi connectivity index (χ2v) is 5.59. The van der Waals surface area contributed by atoms with Gasteiger partial charge in [-0.05, 0) is 63.6 Å². The molecule has 3 aromatic rings. The van der Waals surface area contributed by atoms with Crippen molar-refractivity contribution in [3.8, 4) is 0 Å². The van der Waals surface area contributed by atoms with Crippen LogP contribution < -0.4 is 5.32 Å². The summed E-state index contributed by atoms with van der Waals surface area (Å²) in [4.78, 5) is 3.24. The molecule has 1 heterocycles. The summed E-state index contributed by atoms with van der Waals surface area (Å²) in [6.07, 6.45) is 1.97. The van der Waals surface area contributed by atoms with Crippen LogP contribution in [0.3, 0.4) is 0 Å². The van der Waals surface area contributed by atoms with Crippen molar-refractivity contribution < 1.29 is 0 Å². The summed E-state index contributed by atoms with van der Waals surface area (Å²) in [7, 11) is 0. The summed E-state index contributed by atoms with van der Waals surface area (Å²) < 4.78 is 1.10. The van der Waals surface area contributed by atoms with Crippen LogP contribution in [0.4, 0.5) is 5.69 Å². The standard InChI is InChI=1S/C16H15BrN2/c1-11-2-5-14(17)16(8-11)19-10-12-3-4-13-6-7-18-15(13)9-12/h2-9,18-19H,10H2,1H3. The zero-order valence-corrected chi connectivity index (χ0v) is 12.3. The fourth-order valence-corrected chi connectivity index (χ4v) is 2.56. The van der Waals surface area contributed by atoms with Crippen molar-refractivity contribution in [1.29, 1.82) is 0 Å². The molecule has 96 valence electrons. The number of nitrogens with one attached hydrogen (secondary N) is 2. The predicted octanol–water partition coefficient (Wildman–Crippen LogP) is 4.85. The van der Waals surface area contributed by atoms with Crippen LogP contribution in [-0.2, 0) is 6.54 Å². The molecule has 0 atom stereocenters. The molecule has 0 aliphatic rings. The van der Waals surface area contributed by atoms with E-state index in [0.717, 1.165) is 16.7 Å². The first-order chi connectivity index (χ1) is 9.22. The van der Waals surface area contributed by atoms with E-state index in [1.54, 1.807) is 0 Å². The maximum Gasteiger partial charge on any atom is 0.0489 e. The van der Waals surface area contributed by atoms with Crippen molar-refractivity contribution in [2.45, 2.75) is 13.5 Å². The SMILES string of the molecule is Cc1ccc(Br)c(NCc2ccc3cc[nH]c3c2)c1.